The Bertz CT molecular complexity index is 879. The van der Waals surface area contributed by atoms with Crippen LogP contribution >= 0.6 is 0 Å². The normalized spacial score (nSPS) is 10.5. The second-order valence-corrected chi connectivity index (χ2v) is 4.47. The fourth-order valence-electron chi connectivity index (χ4n) is 1.87. The lowest BCUT2D eigenvalue weighted by molar-refractivity contribution is 0.100. The second-order valence-electron chi connectivity index (χ2n) is 4.47. The number of carbonyl (C=O) groups is 1. The number of carbonyl (C=O) groups excluding carboxylic acids is 1. The van der Waals surface area contributed by atoms with Crippen molar-refractivity contribution in [2.45, 2.75) is 0 Å². The maximum absolute atomic E-state index is 13.6. The summed E-state index contributed by atoms with van der Waals surface area (Å²) in [5.74, 6) is -0.837. The number of hydrogen-bond donors (Lipinski definition) is 2. The van der Waals surface area contributed by atoms with E-state index in [9.17, 15) is 9.18 Å². The molecule has 9 heteroatoms. The van der Waals surface area contributed by atoms with Crippen molar-refractivity contribution in [2.24, 2.45) is 5.73 Å². The predicted octanol–water partition coefficient (Wildman–Crippen LogP) is 1.27. The molecular formula is C14H11FN6O2. The van der Waals surface area contributed by atoms with E-state index < -0.39 is 11.7 Å². The quantitative estimate of drug-likeness (QED) is 0.748. The van der Waals surface area contributed by atoms with Crippen LogP contribution in [0.2, 0.25) is 0 Å². The third-order valence-electron chi connectivity index (χ3n) is 2.97. The van der Waals surface area contributed by atoms with Gasteiger partial charge in [0.25, 0.3) is 5.91 Å². The van der Waals surface area contributed by atoms with E-state index in [4.69, 9.17) is 16.2 Å². The minimum absolute atomic E-state index is 0.0170. The summed E-state index contributed by atoms with van der Waals surface area (Å²) < 4.78 is 20.2. The molecule has 3 aromatic rings. The number of hydrogen-bond acceptors (Lipinski definition) is 6. The van der Waals surface area contributed by atoms with Crippen molar-refractivity contribution in [3.63, 3.8) is 0 Å². The van der Waals surface area contributed by atoms with Gasteiger partial charge in [0.2, 0.25) is 5.88 Å². The zero-order valence-corrected chi connectivity index (χ0v) is 11.7. The molecule has 116 valence electrons. The number of nitrogens with zero attached hydrogens (tertiary/aromatic N) is 4. The zero-order chi connectivity index (χ0) is 16.4. The van der Waals surface area contributed by atoms with Crippen LogP contribution in [0, 0.1) is 5.82 Å². The number of nitrogen functional groups attached to an aromatic ring is 1. The number of halogens is 1. The summed E-state index contributed by atoms with van der Waals surface area (Å²) in [6.45, 7) is 0. The summed E-state index contributed by atoms with van der Waals surface area (Å²) >= 11 is 0. The monoisotopic (exact) mass is 314 g/mol. The van der Waals surface area contributed by atoms with E-state index >= 15 is 0 Å². The van der Waals surface area contributed by atoms with Gasteiger partial charge in [-0.1, -0.05) is 12.1 Å². The molecule has 2 aromatic heterocycles. The molecule has 0 bridgehead atoms. The van der Waals surface area contributed by atoms with Crippen molar-refractivity contribution in [2.75, 3.05) is 5.73 Å². The largest absolute Gasteiger partial charge is 0.436 e. The van der Waals surface area contributed by atoms with Crippen LogP contribution in [0.3, 0.4) is 0 Å². The van der Waals surface area contributed by atoms with Gasteiger partial charge in [-0.05, 0) is 12.1 Å². The van der Waals surface area contributed by atoms with Gasteiger partial charge in [-0.2, -0.15) is 9.78 Å². The number of nitrogens with two attached hydrogens (primary N) is 2. The van der Waals surface area contributed by atoms with E-state index in [2.05, 4.69) is 15.1 Å². The van der Waals surface area contributed by atoms with Gasteiger partial charge in [-0.25, -0.2) is 14.4 Å². The predicted molar refractivity (Wildman–Crippen MR) is 78.6 cm³/mol. The Morgan fingerprint density at radius 3 is 2.74 bits per heavy atom. The zero-order valence-electron chi connectivity index (χ0n) is 11.7. The molecule has 4 N–H and O–H groups in total. The van der Waals surface area contributed by atoms with Crippen LogP contribution < -0.4 is 16.2 Å². The Balaban J connectivity index is 1.94. The first-order valence-corrected chi connectivity index (χ1v) is 6.44. The molecule has 23 heavy (non-hydrogen) atoms. The molecule has 0 unspecified atom stereocenters. The van der Waals surface area contributed by atoms with E-state index in [0.29, 0.717) is 0 Å². The Labute approximate surface area is 129 Å². The maximum Gasteiger partial charge on any atom is 0.254 e. The number of benzene rings is 1. The molecule has 1 aromatic carbocycles. The number of aromatic nitrogens is 4. The second kappa shape index (κ2) is 5.72. The number of anilines is 1. The highest BCUT2D eigenvalue weighted by molar-refractivity contribution is 5.97. The molecule has 8 nitrogen and oxygen atoms in total. The van der Waals surface area contributed by atoms with Crippen LogP contribution in [0.5, 0.6) is 11.6 Å². The lowest BCUT2D eigenvalue weighted by atomic mass is 10.3. The molecular weight excluding hydrogens is 303 g/mol. The van der Waals surface area contributed by atoms with Crippen LogP contribution in [0.1, 0.15) is 10.4 Å². The lowest BCUT2D eigenvalue weighted by Crippen LogP contribution is -2.13. The van der Waals surface area contributed by atoms with Crippen LogP contribution in [0.25, 0.3) is 5.82 Å². The topological polar surface area (TPSA) is 122 Å². The van der Waals surface area contributed by atoms with Crippen molar-refractivity contribution in [3.05, 3.63) is 54.2 Å². The fraction of sp³-hybridized carbons (Fsp3) is 0. The third kappa shape index (κ3) is 2.79. The fourth-order valence-corrected chi connectivity index (χ4v) is 1.87. The van der Waals surface area contributed by atoms with E-state index in [1.165, 1.54) is 35.4 Å². The summed E-state index contributed by atoms with van der Waals surface area (Å²) in [7, 11) is 0. The summed E-state index contributed by atoms with van der Waals surface area (Å²) in [4.78, 5) is 19.1. The van der Waals surface area contributed by atoms with Crippen molar-refractivity contribution < 1.29 is 13.9 Å². The number of rotatable bonds is 4. The first-order chi connectivity index (χ1) is 11.1. The van der Waals surface area contributed by atoms with Crippen molar-refractivity contribution >= 4 is 11.7 Å². The number of amides is 1. The molecule has 0 aliphatic heterocycles. The molecule has 0 fully saturated rings. The number of ether oxygens (including phenoxy) is 1. The summed E-state index contributed by atoms with van der Waals surface area (Å²) in [6, 6.07) is 7.31. The smallest absolute Gasteiger partial charge is 0.254 e. The number of para-hydroxylation sites is 1. The molecule has 0 spiro atoms. The molecule has 0 aliphatic carbocycles. The van der Waals surface area contributed by atoms with Crippen LogP contribution in [-0.4, -0.2) is 25.7 Å². The highest BCUT2D eigenvalue weighted by Crippen LogP contribution is 2.24. The summed E-state index contributed by atoms with van der Waals surface area (Å²) in [5, 5.41) is 3.94. The first kappa shape index (κ1) is 14.4. The van der Waals surface area contributed by atoms with Gasteiger partial charge in [0.15, 0.2) is 17.4 Å². The Kier molecular flexibility index (Phi) is 3.59. The Hall–Kier alpha value is -3.49. The van der Waals surface area contributed by atoms with Crippen LogP contribution in [0.15, 0.2) is 42.9 Å². The van der Waals surface area contributed by atoms with Crippen molar-refractivity contribution in [3.8, 4) is 17.4 Å². The molecule has 2 heterocycles. The SMILES string of the molecule is NC(=O)c1cnn(-c2cc(Oc3ccccc3F)ncn2)c1N. The Morgan fingerprint density at radius 1 is 1.26 bits per heavy atom. The molecule has 0 atom stereocenters. The molecule has 0 saturated heterocycles. The first-order valence-electron chi connectivity index (χ1n) is 6.44. The Morgan fingerprint density at radius 2 is 2.04 bits per heavy atom. The molecule has 0 aliphatic rings. The van der Waals surface area contributed by atoms with E-state index in [0.717, 1.165) is 0 Å². The highest BCUT2D eigenvalue weighted by atomic mass is 19.1. The van der Waals surface area contributed by atoms with Gasteiger partial charge in [0, 0.05) is 6.07 Å². The van der Waals surface area contributed by atoms with Crippen LogP contribution in [-0.2, 0) is 0 Å². The van der Waals surface area contributed by atoms with Gasteiger partial charge in [-0.15, -0.1) is 0 Å². The summed E-state index contributed by atoms with van der Waals surface area (Å²) in [6.07, 6.45) is 2.44. The van der Waals surface area contributed by atoms with E-state index in [1.54, 1.807) is 12.1 Å². The summed E-state index contributed by atoms with van der Waals surface area (Å²) in [5.41, 5.74) is 11.1. The lowest BCUT2D eigenvalue weighted by Gasteiger charge is -2.07. The van der Waals surface area contributed by atoms with Gasteiger partial charge in [0.1, 0.15) is 17.7 Å². The average Bonchev–Trinajstić information content (AvgIpc) is 2.92. The highest BCUT2D eigenvalue weighted by Gasteiger charge is 2.15. The van der Waals surface area contributed by atoms with E-state index in [1.807, 2.05) is 0 Å². The average molecular weight is 314 g/mol. The van der Waals surface area contributed by atoms with Gasteiger partial charge in [-0.3, -0.25) is 4.79 Å². The standard InChI is InChI=1S/C14H11FN6O2/c15-9-3-1-2-4-10(9)23-12-5-11(18-7-19-12)21-13(16)8(6-20-21)14(17)22/h1-7H,16H2,(H2,17,22). The van der Waals surface area contributed by atoms with E-state index in [-0.39, 0.29) is 28.8 Å². The molecule has 1 amide bonds. The minimum atomic E-state index is -0.703. The van der Waals surface area contributed by atoms with Crippen molar-refractivity contribution in [1.29, 1.82) is 0 Å². The maximum atomic E-state index is 13.6. The molecule has 0 radical (unpaired) electrons. The van der Waals surface area contributed by atoms with Crippen molar-refractivity contribution in [1.82, 2.24) is 19.7 Å². The molecule has 3 rings (SSSR count). The minimum Gasteiger partial charge on any atom is -0.436 e. The van der Waals surface area contributed by atoms with Crippen LogP contribution in [0.4, 0.5) is 10.2 Å². The molecule has 0 saturated carbocycles. The van der Waals surface area contributed by atoms with Gasteiger partial charge in [0.05, 0.1) is 6.20 Å². The van der Waals surface area contributed by atoms with Gasteiger partial charge < -0.3 is 16.2 Å². The third-order valence-corrected chi connectivity index (χ3v) is 2.97. The number of primary amides is 1. The van der Waals surface area contributed by atoms with Gasteiger partial charge >= 0.3 is 0 Å².